The van der Waals surface area contributed by atoms with Crippen LogP contribution in [0.1, 0.15) is 73.8 Å². The lowest BCUT2D eigenvalue weighted by Gasteiger charge is -2.63. The predicted molar refractivity (Wildman–Crippen MR) is 113 cm³/mol. The summed E-state index contributed by atoms with van der Waals surface area (Å²) in [6.07, 6.45) is 13.7. The Morgan fingerprint density at radius 3 is 2.55 bits per heavy atom. The summed E-state index contributed by atoms with van der Waals surface area (Å²) in [5.74, 6) is 0.979. The van der Waals surface area contributed by atoms with Gasteiger partial charge in [0.05, 0.1) is 11.7 Å². The second-order valence-corrected chi connectivity index (χ2v) is 9.79. The molecule has 2 saturated carbocycles. The van der Waals surface area contributed by atoms with Crippen molar-refractivity contribution >= 4 is 5.91 Å². The van der Waals surface area contributed by atoms with Crippen LogP contribution < -0.4 is 0 Å². The molecule has 0 bridgehead atoms. The molecule has 5 nitrogen and oxygen atoms in total. The van der Waals surface area contributed by atoms with E-state index in [1.165, 1.54) is 44.9 Å². The van der Waals surface area contributed by atoms with E-state index >= 15 is 0 Å². The zero-order valence-corrected chi connectivity index (χ0v) is 17.8. The van der Waals surface area contributed by atoms with E-state index < -0.39 is 0 Å². The van der Waals surface area contributed by atoms with Crippen LogP contribution in [0.25, 0.3) is 0 Å². The molecule has 1 atom stereocenters. The number of aryl methyl sites for hydroxylation is 1. The molecule has 1 aromatic heterocycles. The molecule has 2 aliphatic heterocycles. The highest BCUT2D eigenvalue weighted by atomic mass is 16.5. The molecule has 2 aliphatic carbocycles. The number of aromatic nitrogens is 1. The van der Waals surface area contributed by atoms with Crippen LogP contribution in [0.15, 0.2) is 18.3 Å². The first-order valence-corrected chi connectivity index (χ1v) is 11.8. The molecule has 2 saturated heterocycles. The van der Waals surface area contributed by atoms with Gasteiger partial charge in [0.25, 0.3) is 5.91 Å². The molecule has 0 N–H and O–H groups in total. The van der Waals surface area contributed by atoms with Crippen LogP contribution in [-0.2, 0) is 4.74 Å². The van der Waals surface area contributed by atoms with Crippen molar-refractivity contribution < 1.29 is 9.53 Å². The SMILES string of the molecule is Cc1ccc(C(=O)N2CCC(N3CC(OCC4CC4)C34CCCCC4)CC2)cn1. The number of carbonyl (C=O) groups excluding carboxylic acids is 1. The highest BCUT2D eigenvalue weighted by Gasteiger charge is 2.56. The van der Waals surface area contributed by atoms with Crippen molar-refractivity contribution in [2.24, 2.45) is 5.92 Å². The molecule has 29 heavy (non-hydrogen) atoms. The number of carbonyl (C=O) groups is 1. The Labute approximate surface area is 174 Å². The van der Waals surface area contributed by atoms with Crippen molar-refractivity contribution in [3.63, 3.8) is 0 Å². The third-order valence-electron chi connectivity index (χ3n) is 7.83. The fourth-order valence-electron chi connectivity index (χ4n) is 5.79. The summed E-state index contributed by atoms with van der Waals surface area (Å²) in [5, 5.41) is 0. The van der Waals surface area contributed by atoms with Gasteiger partial charge in [0.1, 0.15) is 0 Å². The normalized spacial score (nSPS) is 27.8. The van der Waals surface area contributed by atoms with Crippen LogP contribution in [0.2, 0.25) is 0 Å². The zero-order valence-electron chi connectivity index (χ0n) is 17.8. The van der Waals surface area contributed by atoms with E-state index in [-0.39, 0.29) is 5.91 Å². The van der Waals surface area contributed by atoms with Crippen LogP contribution in [0, 0.1) is 12.8 Å². The smallest absolute Gasteiger partial charge is 0.255 e. The molecular formula is C24H35N3O2. The molecule has 1 amide bonds. The number of nitrogens with zero attached hydrogens (tertiary/aromatic N) is 3. The zero-order chi connectivity index (χ0) is 19.8. The summed E-state index contributed by atoms with van der Waals surface area (Å²) in [7, 11) is 0. The second kappa shape index (κ2) is 7.99. The Bertz CT molecular complexity index is 716. The summed E-state index contributed by atoms with van der Waals surface area (Å²) >= 11 is 0. The van der Waals surface area contributed by atoms with Crippen LogP contribution in [0.3, 0.4) is 0 Å². The van der Waals surface area contributed by atoms with Gasteiger partial charge in [0.2, 0.25) is 0 Å². The topological polar surface area (TPSA) is 45.7 Å². The van der Waals surface area contributed by atoms with Crippen molar-refractivity contribution in [1.82, 2.24) is 14.8 Å². The van der Waals surface area contributed by atoms with Gasteiger partial charge in [-0.25, -0.2) is 0 Å². The van der Waals surface area contributed by atoms with E-state index in [0.717, 1.165) is 56.3 Å². The van der Waals surface area contributed by atoms with E-state index in [4.69, 9.17) is 4.74 Å². The number of amides is 1. The van der Waals surface area contributed by atoms with Crippen molar-refractivity contribution in [3.05, 3.63) is 29.6 Å². The predicted octanol–water partition coefficient (Wildman–Crippen LogP) is 3.81. The van der Waals surface area contributed by atoms with Gasteiger partial charge < -0.3 is 9.64 Å². The maximum atomic E-state index is 12.8. The number of hydrogen-bond acceptors (Lipinski definition) is 4. The minimum atomic E-state index is 0.137. The number of piperidine rings is 1. The quantitative estimate of drug-likeness (QED) is 0.758. The van der Waals surface area contributed by atoms with Crippen LogP contribution in [0.4, 0.5) is 0 Å². The van der Waals surface area contributed by atoms with Crippen molar-refractivity contribution in [2.75, 3.05) is 26.2 Å². The van der Waals surface area contributed by atoms with Gasteiger partial charge in [-0.2, -0.15) is 0 Å². The first kappa shape index (κ1) is 19.5. The molecule has 0 aromatic carbocycles. The van der Waals surface area contributed by atoms with Crippen LogP contribution in [0.5, 0.6) is 0 Å². The molecule has 1 spiro atoms. The summed E-state index contributed by atoms with van der Waals surface area (Å²) in [4.78, 5) is 21.9. The molecule has 1 unspecified atom stereocenters. The van der Waals surface area contributed by atoms with Gasteiger partial charge in [-0.3, -0.25) is 14.7 Å². The molecule has 4 fully saturated rings. The Morgan fingerprint density at radius 2 is 1.90 bits per heavy atom. The summed E-state index contributed by atoms with van der Waals surface area (Å²) in [5.41, 5.74) is 1.97. The summed E-state index contributed by atoms with van der Waals surface area (Å²) < 4.78 is 6.43. The second-order valence-electron chi connectivity index (χ2n) is 9.79. The Kier molecular flexibility index (Phi) is 5.37. The van der Waals surface area contributed by atoms with Crippen LogP contribution >= 0.6 is 0 Å². The largest absolute Gasteiger partial charge is 0.375 e. The van der Waals surface area contributed by atoms with Crippen molar-refractivity contribution in [3.8, 4) is 0 Å². The first-order chi connectivity index (χ1) is 14.2. The van der Waals surface area contributed by atoms with Crippen molar-refractivity contribution in [2.45, 2.75) is 82.4 Å². The number of ether oxygens (including phenoxy) is 1. The first-order valence-electron chi connectivity index (χ1n) is 11.8. The van der Waals surface area contributed by atoms with Gasteiger partial charge in [0, 0.05) is 49.7 Å². The molecular weight excluding hydrogens is 362 g/mol. The molecule has 4 aliphatic rings. The Hall–Kier alpha value is -1.46. The van der Waals surface area contributed by atoms with Gasteiger partial charge in [-0.15, -0.1) is 0 Å². The molecule has 1 aromatic rings. The number of hydrogen-bond donors (Lipinski definition) is 0. The highest BCUT2D eigenvalue weighted by Crippen LogP contribution is 2.48. The molecule has 5 rings (SSSR count). The van der Waals surface area contributed by atoms with Crippen LogP contribution in [-0.4, -0.2) is 64.6 Å². The summed E-state index contributed by atoms with van der Waals surface area (Å²) in [6.45, 7) is 5.76. The maximum absolute atomic E-state index is 12.8. The lowest BCUT2D eigenvalue weighted by Crippen LogP contribution is -2.75. The van der Waals surface area contributed by atoms with Gasteiger partial charge in [0.15, 0.2) is 0 Å². The molecule has 5 heteroatoms. The minimum absolute atomic E-state index is 0.137. The fraction of sp³-hybridized carbons (Fsp3) is 0.750. The number of pyridine rings is 1. The third-order valence-corrected chi connectivity index (χ3v) is 7.83. The van der Waals surface area contributed by atoms with E-state index in [1.54, 1.807) is 6.20 Å². The average molecular weight is 398 g/mol. The standard InChI is InChI=1S/C24H35N3O2/c1-18-5-8-20(15-25-18)23(28)26-13-9-21(10-14-26)27-16-22(29-17-19-6-7-19)24(27)11-3-2-4-12-24/h5,8,15,19,21-22H,2-4,6-7,9-14,16-17H2,1H3. The van der Waals surface area contributed by atoms with Gasteiger partial charge in [-0.05, 0) is 63.5 Å². The average Bonchev–Trinajstić information content (AvgIpc) is 3.58. The number of rotatable bonds is 5. The minimum Gasteiger partial charge on any atom is -0.375 e. The Morgan fingerprint density at radius 1 is 1.14 bits per heavy atom. The lowest BCUT2D eigenvalue weighted by atomic mass is 9.69. The maximum Gasteiger partial charge on any atom is 0.255 e. The van der Waals surface area contributed by atoms with Crippen molar-refractivity contribution in [1.29, 1.82) is 0 Å². The Balaban J connectivity index is 1.19. The monoisotopic (exact) mass is 397 g/mol. The fourth-order valence-corrected chi connectivity index (χ4v) is 5.79. The number of likely N-dealkylation sites (tertiary alicyclic amines) is 2. The molecule has 158 valence electrons. The summed E-state index contributed by atoms with van der Waals surface area (Å²) in [6, 6.07) is 4.44. The van der Waals surface area contributed by atoms with E-state index in [1.807, 2.05) is 24.0 Å². The van der Waals surface area contributed by atoms with E-state index in [0.29, 0.717) is 17.7 Å². The molecule has 3 heterocycles. The van der Waals surface area contributed by atoms with E-state index in [2.05, 4.69) is 9.88 Å². The van der Waals surface area contributed by atoms with Gasteiger partial charge >= 0.3 is 0 Å². The third kappa shape index (κ3) is 3.84. The van der Waals surface area contributed by atoms with E-state index in [9.17, 15) is 4.79 Å². The lowest BCUT2D eigenvalue weighted by molar-refractivity contribution is -0.202. The highest BCUT2D eigenvalue weighted by molar-refractivity contribution is 5.94. The van der Waals surface area contributed by atoms with Gasteiger partial charge in [-0.1, -0.05) is 19.3 Å². The molecule has 0 radical (unpaired) electrons.